The molecule has 2 nitrogen and oxygen atoms in total. The fourth-order valence-corrected chi connectivity index (χ4v) is 2.45. The molecule has 0 amide bonds. The number of benzene rings is 1. The quantitative estimate of drug-likeness (QED) is 0.869. The summed E-state index contributed by atoms with van der Waals surface area (Å²) in [7, 11) is 0. The molecule has 1 unspecified atom stereocenters. The van der Waals surface area contributed by atoms with Crippen molar-refractivity contribution < 1.29 is 4.39 Å². The highest BCUT2D eigenvalue weighted by Gasteiger charge is 2.09. The minimum Gasteiger partial charge on any atom is -0.323 e. The van der Waals surface area contributed by atoms with Crippen molar-refractivity contribution in [2.24, 2.45) is 5.73 Å². The zero-order chi connectivity index (χ0) is 11.7. The van der Waals surface area contributed by atoms with Gasteiger partial charge in [0.25, 0.3) is 0 Å². The molecule has 1 aromatic heterocycles. The number of nitrogens with zero attached hydrogens (tertiary/aromatic N) is 1. The van der Waals surface area contributed by atoms with Crippen LogP contribution in [0.2, 0.25) is 0 Å². The van der Waals surface area contributed by atoms with Gasteiger partial charge in [-0.05, 0) is 37.6 Å². The molecule has 0 fully saturated rings. The van der Waals surface area contributed by atoms with E-state index in [0.717, 1.165) is 21.0 Å². The Morgan fingerprint density at radius 3 is 2.75 bits per heavy atom. The second kappa shape index (κ2) is 4.31. The Labute approximate surface area is 97.9 Å². The fourth-order valence-electron chi connectivity index (χ4n) is 1.49. The molecule has 0 spiro atoms. The Morgan fingerprint density at radius 1 is 1.44 bits per heavy atom. The number of hydrogen-bond acceptors (Lipinski definition) is 3. The van der Waals surface area contributed by atoms with Crippen LogP contribution in [0.1, 0.15) is 23.4 Å². The average Bonchev–Trinajstić information content (AvgIpc) is 2.66. The van der Waals surface area contributed by atoms with E-state index in [1.807, 2.05) is 13.8 Å². The molecule has 2 rings (SSSR count). The maximum absolute atomic E-state index is 13.0. The smallest absolute Gasteiger partial charge is 0.123 e. The summed E-state index contributed by atoms with van der Waals surface area (Å²) in [6, 6.07) is 4.72. The zero-order valence-electron chi connectivity index (χ0n) is 9.20. The Hall–Kier alpha value is -1.26. The summed E-state index contributed by atoms with van der Waals surface area (Å²) in [6.07, 6.45) is 1.79. The molecule has 2 N–H and O–H groups in total. The van der Waals surface area contributed by atoms with Crippen LogP contribution in [0.3, 0.4) is 0 Å². The van der Waals surface area contributed by atoms with Gasteiger partial charge in [0.05, 0.1) is 0 Å². The molecule has 0 saturated carbocycles. The van der Waals surface area contributed by atoms with E-state index in [1.54, 1.807) is 23.6 Å². The van der Waals surface area contributed by atoms with E-state index in [0.29, 0.717) is 0 Å². The first-order valence-corrected chi connectivity index (χ1v) is 5.87. The zero-order valence-corrected chi connectivity index (χ0v) is 10.0. The van der Waals surface area contributed by atoms with Crippen molar-refractivity contribution in [1.29, 1.82) is 0 Å². The first-order chi connectivity index (χ1) is 7.58. The molecule has 16 heavy (non-hydrogen) atoms. The number of aromatic nitrogens is 1. The second-order valence-electron chi connectivity index (χ2n) is 3.82. The molecule has 1 atom stereocenters. The largest absolute Gasteiger partial charge is 0.323 e. The molecule has 1 aromatic carbocycles. The van der Waals surface area contributed by atoms with Gasteiger partial charge in [-0.25, -0.2) is 9.37 Å². The number of aryl methyl sites for hydroxylation is 1. The Balaban J connectivity index is 2.42. The van der Waals surface area contributed by atoms with Crippen LogP contribution >= 0.6 is 11.3 Å². The number of thiazole rings is 1. The normalized spacial score (nSPS) is 12.8. The van der Waals surface area contributed by atoms with E-state index in [2.05, 4.69) is 4.98 Å². The molecule has 84 valence electrons. The molecule has 0 bridgehead atoms. The van der Waals surface area contributed by atoms with Gasteiger partial charge in [-0.1, -0.05) is 0 Å². The number of halogens is 1. The maximum Gasteiger partial charge on any atom is 0.123 e. The first kappa shape index (κ1) is 11.2. The third kappa shape index (κ3) is 2.13. The molecule has 4 heteroatoms. The highest BCUT2D eigenvalue weighted by molar-refractivity contribution is 7.15. The Morgan fingerprint density at radius 2 is 2.19 bits per heavy atom. The summed E-state index contributed by atoms with van der Waals surface area (Å²) in [5, 5.41) is 0.893. The van der Waals surface area contributed by atoms with Gasteiger partial charge in [-0.2, -0.15) is 0 Å². The van der Waals surface area contributed by atoms with Gasteiger partial charge in [0.1, 0.15) is 10.8 Å². The second-order valence-corrected chi connectivity index (χ2v) is 4.88. The minimum atomic E-state index is -0.217. The van der Waals surface area contributed by atoms with Crippen LogP contribution in [-0.2, 0) is 0 Å². The number of rotatable bonds is 2. The van der Waals surface area contributed by atoms with Crippen LogP contribution in [0, 0.1) is 12.7 Å². The molecule has 0 aliphatic rings. The van der Waals surface area contributed by atoms with Crippen molar-refractivity contribution >= 4 is 11.3 Å². The van der Waals surface area contributed by atoms with Crippen LogP contribution in [0.4, 0.5) is 4.39 Å². The van der Waals surface area contributed by atoms with E-state index in [1.165, 1.54) is 12.1 Å². The van der Waals surface area contributed by atoms with Gasteiger partial charge in [0.2, 0.25) is 0 Å². The van der Waals surface area contributed by atoms with E-state index < -0.39 is 0 Å². The molecule has 2 aromatic rings. The van der Waals surface area contributed by atoms with Crippen LogP contribution in [0.15, 0.2) is 24.4 Å². The van der Waals surface area contributed by atoms with Crippen molar-refractivity contribution in [3.8, 4) is 10.6 Å². The summed E-state index contributed by atoms with van der Waals surface area (Å²) in [6.45, 7) is 3.81. The molecule has 0 radical (unpaired) electrons. The maximum atomic E-state index is 13.0. The van der Waals surface area contributed by atoms with Crippen LogP contribution in [0.5, 0.6) is 0 Å². The third-order valence-electron chi connectivity index (χ3n) is 2.39. The van der Waals surface area contributed by atoms with Crippen LogP contribution in [-0.4, -0.2) is 4.98 Å². The summed E-state index contributed by atoms with van der Waals surface area (Å²) < 4.78 is 13.0. The molecule has 0 aliphatic carbocycles. The van der Waals surface area contributed by atoms with Gasteiger partial charge < -0.3 is 5.73 Å². The first-order valence-electron chi connectivity index (χ1n) is 5.06. The summed E-state index contributed by atoms with van der Waals surface area (Å²) in [4.78, 5) is 5.35. The fraction of sp³-hybridized carbons (Fsp3) is 0.250. The average molecular weight is 236 g/mol. The van der Waals surface area contributed by atoms with Crippen molar-refractivity contribution in [2.75, 3.05) is 0 Å². The van der Waals surface area contributed by atoms with Crippen molar-refractivity contribution in [1.82, 2.24) is 4.98 Å². The molecule has 0 saturated heterocycles. The van der Waals surface area contributed by atoms with Crippen molar-refractivity contribution in [3.63, 3.8) is 0 Å². The third-order valence-corrected chi connectivity index (χ3v) is 3.62. The lowest BCUT2D eigenvalue weighted by Gasteiger charge is -2.02. The molecular weight excluding hydrogens is 223 g/mol. The summed E-state index contributed by atoms with van der Waals surface area (Å²) in [5.74, 6) is -0.217. The Bertz CT molecular complexity index is 505. The van der Waals surface area contributed by atoms with E-state index >= 15 is 0 Å². The van der Waals surface area contributed by atoms with E-state index in [9.17, 15) is 4.39 Å². The van der Waals surface area contributed by atoms with Crippen molar-refractivity contribution in [2.45, 2.75) is 19.9 Å². The number of hydrogen-bond donors (Lipinski definition) is 1. The van der Waals surface area contributed by atoms with Crippen molar-refractivity contribution in [3.05, 3.63) is 40.7 Å². The van der Waals surface area contributed by atoms with Gasteiger partial charge in [-0.3, -0.25) is 0 Å². The molecule has 1 heterocycles. The highest BCUT2D eigenvalue weighted by atomic mass is 32.1. The monoisotopic (exact) mass is 236 g/mol. The lowest BCUT2D eigenvalue weighted by atomic mass is 10.1. The number of nitrogens with two attached hydrogens (primary N) is 1. The van der Waals surface area contributed by atoms with Crippen LogP contribution < -0.4 is 5.73 Å². The predicted octanol–water partition coefficient (Wildman–Crippen LogP) is 3.28. The highest BCUT2D eigenvalue weighted by Crippen LogP contribution is 2.30. The van der Waals surface area contributed by atoms with E-state index in [4.69, 9.17) is 5.73 Å². The minimum absolute atomic E-state index is 0.00740. The lowest BCUT2D eigenvalue weighted by Crippen LogP contribution is -2.01. The van der Waals surface area contributed by atoms with Gasteiger partial charge in [0.15, 0.2) is 0 Å². The summed E-state index contributed by atoms with van der Waals surface area (Å²) >= 11 is 1.56. The van der Waals surface area contributed by atoms with E-state index in [-0.39, 0.29) is 11.9 Å². The van der Waals surface area contributed by atoms with Gasteiger partial charge in [-0.15, -0.1) is 11.3 Å². The topological polar surface area (TPSA) is 38.9 Å². The standard InChI is InChI=1S/C12H13FN2S/c1-7-5-9(13)3-4-10(7)12-15-6-11(16-12)8(2)14/h3-6,8H,14H2,1-2H3. The molecule has 0 aliphatic heterocycles. The van der Waals surface area contributed by atoms with Gasteiger partial charge in [0, 0.05) is 22.7 Å². The SMILES string of the molecule is Cc1cc(F)ccc1-c1ncc(C(C)N)s1. The summed E-state index contributed by atoms with van der Waals surface area (Å²) in [5.41, 5.74) is 7.64. The van der Waals surface area contributed by atoms with Gasteiger partial charge >= 0.3 is 0 Å². The predicted molar refractivity (Wildman–Crippen MR) is 64.8 cm³/mol. The molecular formula is C12H13FN2S. The van der Waals surface area contributed by atoms with Crippen LogP contribution in [0.25, 0.3) is 10.6 Å². The lowest BCUT2D eigenvalue weighted by molar-refractivity contribution is 0.627. The Kier molecular flexibility index (Phi) is 3.03.